The van der Waals surface area contributed by atoms with Crippen LogP contribution in [-0.2, 0) is 0 Å². The van der Waals surface area contributed by atoms with Crippen molar-refractivity contribution in [2.75, 3.05) is 18.2 Å². The van der Waals surface area contributed by atoms with E-state index in [-0.39, 0.29) is 0 Å². The Labute approximate surface area is 130 Å². The van der Waals surface area contributed by atoms with Gasteiger partial charge in [0.05, 0.1) is 21.6 Å². The second kappa shape index (κ2) is 4.69. The van der Waals surface area contributed by atoms with E-state index in [1.165, 1.54) is 25.9 Å². The predicted octanol–water partition coefficient (Wildman–Crippen LogP) is 5.25. The Bertz CT molecular complexity index is 810. The van der Waals surface area contributed by atoms with Crippen LogP contribution in [0.25, 0.3) is 10.2 Å². The quantitative estimate of drug-likeness (QED) is 0.570. The van der Waals surface area contributed by atoms with Crippen molar-refractivity contribution >= 4 is 56.5 Å². The SMILES string of the molecule is CSc1nc2cc3c(cc2s1)Sc1ccccc1N3C. The monoisotopic (exact) mass is 316 g/mol. The van der Waals surface area contributed by atoms with Crippen molar-refractivity contribution in [1.29, 1.82) is 0 Å². The van der Waals surface area contributed by atoms with Gasteiger partial charge in [0.1, 0.15) is 0 Å². The van der Waals surface area contributed by atoms with Crippen LogP contribution in [0.5, 0.6) is 0 Å². The number of anilines is 2. The Hall–Kier alpha value is -1.17. The number of benzene rings is 2. The maximum absolute atomic E-state index is 4.68. The van der Waals surface area contributed by atoms with Gasteiger partial charge in [-0.25, -0.2) is 4.98 Å². The number of nitrogens with zero attached hydrogens (tertiary/aromatic N) is 2. The van der Waals surface area contributed by atoms with E-state index in [9.17, 15) is 0 Å². The Morgan fingerprint density at radius 3 is 2.80 bits per heavy atom. The molecular weight excluding hydrogens is 304 g/mol. The van der Waals surface area contributed by atoms with Gasteiger partial charge in [0, 0.05) is 16.8 Å². The summed E-state index contributed by atoms with van der Waals surface area (Å²) in [5.74, 6) is 0. The molecule has 3 aromatic rings. The molecule has 0 atom stereocenters. The smallest absolute Gasteiger partial charge is 0.150 e. The lowest BCUT2D eigenvalue weighted by molar-refractivity contribution is 1.12. The fraction of sp³-hybridized carbons (Fsp3) is 0.133. The number of fused-ring (bicyclic) bond motifs is 3. The van der Waals surface area contributed by atoms with E-state index in [0.717, 1.165) is 9.86 Å². The Morgan fingerprint density at radius 2 is 1.95 bits per heavy atom. The molecule has 0 bridgehead atoms. The fourth-order valence-electron chi connectivity index (χ4n) is 2.42. The highest BCUT2D eigenvalue weighted by molar-refractivity contribution is 8.00. The van der Waals surface area contributed by atoms with Gasteiger partial charge in [0.2, 0.25) is 0 Å². The van der Waals surface area contributed by atoms with Gasteiger partial charge in [-0.15, -0.1) is 11.3 Å². The molecule has 4 rings (SSSR count). The summed E-state index contributed by atoms with van der Waals surface area (Å²) >= 11 is 5.33. The third-order valence-corrected chi connectivity index (χ3v) is 6.55. The minimum Gasteiger partial charge on any atom is -0.343 e. The number of rotatable bonds is 1. The van der Waals surface area contributed by atoms with Crippen LogP contribution in [0.1, 0.15) is 0 Å². The molecule has 0 fully saturated rings. The summed E-state index contributed by atoms with van der Waals surface area (Å²) in [6.07, 6.45) is 2.08. The Kier molecular flexibility index (Phi) is 2.94. The van der Waals surface area contributed by atoms with Crippen LogP contribution >= 0.6 is 34.9 Å². The number of thiazole rings is 1. The molecule has 100 valence electrons. The molecule has 20 heavy (non-hydrogen) atoms. The van der Waals surface area contributed by atoms with Gasteiger partial charge >= 0.3 is 0 Å². The average molecular weight is 316 g/mol. The molecule has 0 unspecified atom stereocenters. The van der Waals surface area contributed by atoms with E-state index in [0.29, 0.717) is 0 Å². The number of hydrogen-bond donors (Lipinski definition) is 0. The van der Waals surface area contributed by atoms with Crippen molar-refractivity contribution in [3.8, 4) is 0 Å². The summed E-state index contributed by atoms with van der Waals surface area (Å²) in [5, 5.41) is 0. The first-order valence-corrected chi connectivity index (χ1v) is 9.11. The molecule has 0 N–H and O–H groups in total. The zero-order chi connectivity index (χ0) is 13.7. The van der Waals surface area contributed by atoms with Gasteiger partial charge in [-0.3, -0.25) is 0 Å². The molecule has 2 heterocycles. The second-order valence-corrected chi connectivity index (χ2v) is 7.77. The van der Waals surface area contributed by atoms with Crippen molar-refractivity contribution in [3.05, 3.63) is 36.4 Å². The van der Waals surface area contributed by atoms with Crippen LogP contribution in [0.4, 0.5) is 11.4 Å². The third-order valence-electron chi connectivity index (χ3n) is 3.43. The number of hydrogen-bond acceptors (Lipinski definition) is 5. The molecule has 5 heteroatoms. The van der Waals surface area contributed by atoms with Gasteiger partial charge in [0.15, 0.2) is 4.34 Å². The molecule has 0 spiro atoms. The molecule has 2 aromatic carbocycles. The number of aromatic nitrogens is 1. The standard InChI is InChI=1S/C15H12N2S3/c1-17-10-5-3-4-6-12(10)19-14-8-13-9(7-11(14)17)16-15(18-2)20-13/h3-8H,1-2H3. The van der Waals surface area contributed by atoms with Gasteiger partial charge in [0.25, 0.3) is 0 Å². The van der Waals surface area contributed by atoms with Crippen LogP contribution < -0.4 is 4.90 Å². The number of para-hydroxylation sites is 1. The van der Waals surface area contributed by atoms with Gasteiger partial charge in [-0.2, -0.15) is 0 Å². The number of thioether (sulfide) groups is 1. The van der Waals surface area contributed by atoms with Crippen molar-refractivity contribution in [2.24, 2.45) is 0 Å². The van der Waals surface area contributed by atoms with E-state index in [4.69, 9.17) is 0 Å². The highest BCUT2D eigenvalue weighted by atomic mass is 32.2. The molecule has 0 aliphatic carbocycles. The molecule has 1 aliphatic heterocycles. The summed E-state index contributed by atoms with van der Waals surface area (Å²) in [7, 11) is 2.13. The Balaban J connectivity index is 1.92. The summed E-state index contributed by atoms with van der Waals surface area (Å²) in [4.78, 5) is 9.57. The lowest BCUT2D eigenvalue weighted by Crippen LogP contribution is -2.14. The van der Waals surface area contributed by atoms with Gasteiger partial charge in [-0.1, -0.05) is 35.7 Å². The lowest BCUT2D eigenvalue weighted by Gasteiger charge is -2.29. The van der Waals surface area contributed by atoms with Crippen molar-refractivity contribution in [3.63, 3.8) is 0 Å². The van der Waals surface area contributed by atoms with Crippen LogP contribution in [0.2, 0.25) is 0 Å². The maximum atomic E-state index is 4.68. The minimum atomic E-state index is 1.10. The fourth-order valence-corrected chi connectivity index (χ4v) is 5.18. The van der Waals surface area contributed by atoms with E-state index >= 15 is 0 Å². The minimum absolute atomic E-state index is 1.10. The largest absolute Gasteiger partial charge is 0.343 e. The van der Waals surface area contributed by atoms with Crippen molar-refractivity contribution in [1.82, 2.24) is 4.98 Å². The summed E-state index contributed by atoms with van der Waals surface area (Å²) in [5.41, 5.74) is 3.62. The normalized spacial score (nSPS) is 13.4. The van der Waals surface area contributed by atoms with E-state index in [1.807, 2.05) is 11.8 Å². The molecule has 0 saturated heterocycles. The zero-order valence-corrected chi connectivity index (χ0v) is 13.5. The molecule has 0 saturated carbocycles. The first-order chi connectivity index (χ1) is 9.76. The van der Waals surface area contributed by atoms with Crippen LogP contribution in [0.3, 0.4) is 0 Å². The van der Waals surface area contributed by atoms with Crippen molar-refractivity contribution < 1.29 is 0 Å². The second-order valence-electron chi connectivity index (χ2n) is 4.60. The molecule has 0 radical (unpaired) electrons. The van der Waals surface area contributed by atoms with Gasteiger partial charge < -0.3 is 4.90 Å². The van der Waals surface area contributed by atoms with Gasteiger partial charge in [-0.05, 0) is 30.5 Å². The highest BCUT2D eigenvalue weighted by Crippen LogP contribution is 2.49. The predicted molar refractivity (Wildman–Crippen MR) is 90.0 cm³/mol. The lowest BCUT2D eigenvalue weighted by atomic mass is 10.2. The molecular formula is C15H12N2S3. The van der Waals surface area contributed by atoms with Crippen LogP contribution in [-0.4, -0.2) is 18.3 Å². The zero-order valence-electron chi connectivity index (χ0n) is 11.1. The summed E-state index contributed by atoms with van der Waals surface area (Å²) < 4.78 is 2.40. The Morgan fingerprint density at radius 1 is 1.10 bits per heavy atom. The topological polar surface area (TPSA) is 16.1 Å². The van der Waals surface area contributed by atoms with E-state index in [1.54, 1.807) is 23.1 Å². The summed E-state index contributed by atoms with van der Waals surface area (Å²) in [6, 6.07) is 13.0. The molecule has 0 amide bonds. The maximum Gasteiger partial charge on any atom is 0.150 e. The highest BCUT2D eigenvalue weighted by Gasteiger charge is 2.21. The van der Waals surface area contributed by atoms with Crippen LogP contribution in [0.15, 0.2) is 50.5 Å². The summed E-state index contributed by atoms with van der Waals surface area (Å²) in [6.45, 7) is 0. The molecule has 1 aromatic heterocycles. The molecule has 1 aliphatic rings. The first-order valence-electron chi connectivity index (χ1n) is 6.25. The van der Waals surface area contributed by atoms with E-state index < -0.39 is 0 Å². The molecule has 2 nitrogen and oxygen atoms in total. The first kappa shape index (κ1) is 12.6. The average Bonchev–Trinajstić information content (AvgIpc) is 2.88. The third kappa shape index (κ3) is 1.84. The van der Waals surface area contributed by atoms with Crippen LogP contribution in [0, 0.1) is 0 Å². The van der Waals surface area contributed by atoms with E-state index in [2.05, 4.69) is 59.6 Å². The van der Waals surface area contributed by atoms with Crippen molar-refractivity contribution in [2.45, 2.75) is 14.1 Å².